The molecule has 0 aliphatic carbocycles. The highest BCUT2D eigenvalue weighted by molar-refractivity contribution is 7.84. The molecular formula is C12H18N4OS. The number of hydrogen-bond acceptors (Lipinski definition) is 3. The van der Waals surface area contributed by atoms with E-state index in [9.17, 15) is 4.21 Å². The molecule has 2 aromatic rings. The van der Waals surface area contributed by atoms with Crippen LogP contribution in [0.25, 0.3) is 5.65 Å². The van der Waals surface area contributed by atoms with Crippen molar-refractivity contribution in [1.82, 2.24) is 19.3 Å². The summed E-state index contributed by atoms with van der Waals surface area (Å²) in [5.74, 6) is 0. The van der Waals surface area contributed by atoms with E-state index in [0.29, 0.717) is 0 Å². The first-order valence-corrected chi connectivity index (χ1v) is 7.00. The van der Waals surface area contributed by atoms with Crippen molar-refractivity contribution in [3.05, 3.63) is 30.2 Å². The molecule has 6 heteroatoms. The molecule has 0 aliphatic heterocycles. The Morgan fingerprint density at radius 1 is 1.44 bits per heavy atom. The minimum atomic E-state index is -1.10. The fraction of sp³-hybridized carbons (Fsp3) is 0.500. The van der Waals surface area contributed by atoms with Crippen LogP contribution in [0, 0.1) is 0 Å². The zero-order chi connectivity index (χ0) is 13.3. The summed E-state index contributed by atoms with van der Waals surface area (Å²) in [7, 11) is -1.10. The lowest BCUT2D eigenvalue weighted by Gasteiger charge is -2.21. The van der Waals surface area contributed by atoms with Gasteiger partial charge < -0.3 is 0 Å². The maximum atomic E-state index is 12.0. The first-order valence-electron chi connectivity index (χ1n) is 5.85. The molecule has 2 atom stereocenters. The number of imidazole rings is 1. The number of aromatic nitrogens is 3. The lowest BCUT2D eigenvalue weighted by Crippen LogP contribution is -2.34. The van der Waals surface area contributed by atoms with Crippen LogP contribution in [0.4, 0.5) is 0 Å². The van der Waals surface area contributed by atoms with Gasteiger partial charge in [-0.2, -0.15) is 5.10 Å². The SMILES string of the molecule is C[C@H](N[S@@](=O)C(C)(C)C)c1cnn2ccnc2c1. The van der Waals surface area contributed by atoms with Crippen LogP contribution in [0.15, 0.2) is 24.7 Å². The third kappa shape index (κ3) is 2.76. The van der Waals surface area contributed by atoms with Gasteiger partial charge in [0.15, 0.2) is 5.65 Å². The average molecular weight is 266 g/mol. The molecule has 0 saturated carbocycles. The summed E-state index contributed by atoms with van der Waals surface area (Å²) in [6, 6.07) is 1.92. The van der Waals surface area contributed by atoms with E-state index in [1.807, 2.05) is 33.8 Å². The molecule has 0 unspecified atom stereocenters. The summed E-state index contributed by atoms with van der Waals surface area (Å²) >= 11 is 0. The van der Waals surface area contributed by atoms with Gasteiger partial charge in [-0.05, 0) is 39.3 Å². The Hall–Kier alpha value is -1.27. The van der Waals surface area contributed by atoms with Gasteiger partial charge in [0.05, 0.1) is 21.9 Å². The van der Waals surface area contributed by atoms with E-state index in [4.69, 9.17) is 0 Å². The molecule has 0 fully saturated rings. The van der Waals surface area contributed by atoms with Gasteiger partial charge in [-0.15, -0.1) is 0 Å². The van der Waals surface area contributed by atoms with Gasteiger partial charge in [0.1, 0.15) is 0 Å². The summed E-state index contributed by atoms with van der Waals surface area (Å²) in [5.41, 5.74) is 1.77. The predicted octanol–water partition coefficient (Wildman–Crippen LogP) is 1.84. The molecule has 0 saturated heterocycles. The Labute approximate surface area is 109 Å². The summed E-state index contributed by atoms with van der Waals surface area (Å²) < 4.78 is 16.5. The highest BCUT2D eigenvalue weighted by Crippen LogP contribution is 2.17. The Kier molecular flexibility index (Phi) is 3.49. The van der Waals surface area contributed by atoms with Gasteiger partial charge in [0, 0.05) is 18.4 Å². The van der Waals surface area contributed by atoms with E-state index >= 15 is 0 Å². The van der Waals surface area contributed by atoms with Crippen LogP contribution in [0.1, 0.15) is 39.3 Å². The number of nitrogens with zero attached hydrogens (tertiary/aromatic N) is 3. The summed E-state index contributed by atoms with van der Waals surface area (Å²) in [4.78, 5) is 4.19. The zero-order valence-corrected chi connectivity index (χ0v) is 11.9. The highest BCUT2D eigenvalue weighted by atomic mass is 32.2. The van der Waals surface area contributed by atoms with Crippen LogP contribution in [-0.4, -0.2) is 23.6 Å². The standard InChI is InChI=1S/C12H18N4OS/c1-9(15-18(17)12(2,3)4)10-7-11-13-5-6-16(11)14-8-10/h5-9,15H,1-4H3/t9-,18-/m0/s1. The van der Waals surface area contributed by atoms with Crippen molar-refractivity contribution in [2.24, 2.45) is 0 Å². The van der Waals surface area contributed by atoms with Crippen molar-refractivity contribution in [2.75, 3.05) is 0 Å². The molecular weight excluding hydrogens is 248 g/mol. The maximum absolute atomic E-state index is 12.0. The third-order valence-corrected chi connectivity index (χ3v) is 4.30. The van der Waals surface area contributed by atoms with Crippen LogP contribution in [0.5, 0.6) is 0 Å². The molecule has 5 nitrogen and oxygen atoms in total. The number of fused-ring (bicyclic) bond motifs is 1. The van der Waals surface area contributed by atoms with E-state index in [-0.39, 0.29) is 10.8 Å². The molecule has 1 N–H and O–H groups in total. The topological polar surface area (TPSA) is 59.3 Å². The van der Waals surface area contributed by atoms with Crippen LogP contribution in [-0.2, 0) is 11.0 Å². The fourth-order valence-electron chi connectivity index (χ4n) is 1.47. The van der Waals surface area contributed by atoms with Gasteiger partial charge >= 0.3 is 0 Å². The second-order valence-corrected chi connectivity index (χ2v) is 7.24. The van der Waals surface area contributed by atoms with Gasteiger partial charge in [-0.1, -0.05) is 0 Å². The zero-order valence-electron chi connectivity index (χ0n) is 11.0. The normalized spacial score (nSPS) is 15.8. The van der Waals surface area contributed by atoms with E-state index < -0.39 is 11.0 Å². The van der Waals surface area contributed by atoms with Crippen LogP contribution < -0.4 is 4.72 Å². The Balaban J connectivity index is 2.18. The quantitative estimate of drug-likeness (QED) is 0.922. The minimum Gasteiger partial charge on any atom is -0.242 e. The maximum Gasteiger partial charge on any atom is 0.153 e. The first kappa shape index (κ1) is 13.2. The van der Waals surface area contributed by atoms with E-state index in [1.165, 1.54) is 0 Å². The molecule has 2 aromatic heterocycles. The molecule has 0 radical (unpaired) electrons. The number of hydrogen-bond donors (Lipinski definition) is 1. The van der Waals surface area contributed by atoms with Crippen molar-refractivity contribution in [3.8, 4) is 0 Å². The van der Waals surface area contributed by atoms with Crippen LogP contribution >= 0.6 is 0 Å². The van der Waals surface area contributed by atoms with Gasteiger partial charge in [0.2, 0.25) is 0 Å². The van der Waals surface area contributed by atoms with Crippen molar-refractivity contribution in [2.45, 2.75) is 38.5 Å². The molecule has 0 aromatic carbocycles. The highest BCUT2D eigenvalue weighted by Gasteiger charge is 2.21. The van der Waals surface area contributed by atoms with Gasteiger partial charge in [-0.25, -0.2) is 18.4 Å². The molecule has 2 rings (SSSR count). The minimum absolute atomic E-state index is 0.0285. The largest absolute Gasteiger partial charge is 0.242 e. The lowest BCUT2D eigenvalue weighted by molar-refractivity contribution is 0.615. The molecule has 0 spiro atoms. The predicted molar refractivity (Wildman–Crippen MR) is 72.4 cm³/mol. The smallest absolute Gasteiger partial charge is 0.153 e. The van der Waals surface area contributed by atoms with E-state index in [2.05, 4.69) is 14.8 Å². The van der Waals surface area contributed by atoms with E-state index in [1.54, 1.807) is 23.1 Å². The number of nitrogens with one attached hydrogen (secondary N) is 1. The van der Waals surface area contributed by atoms with Crippen molar-refractivity contribution in [1.29, 1.82) is 0 Å². The molecule has 98 valence electrons. The average Bonchev–Trinajstić information content (AvgIpc) is 2.74. The van der Waals surface area contributed by atoms with Gasteiger partial charge in [-0.3, -0.25) is 0 Å². The monoisotopic (exact) mass is 266 g/mol. The summed E-state index contributed by atoms with van der Waals surface area (Å²) in [6.07, 6.45) is 5.27. The second kappa shape index (κ2) is 4.78. The van der Waals surface area contributed by atoms with Crippen molar-refractivity contribution >= 4 is 16.6 Å². The molecule has 0 amide bonds. The first-order chi connectivity index (χ1) is 8.38. The lowest BCUT2D eigenvalue weighted by atomic mass is 10.2. The second-order valence-electron chi connectivity index (χ2n) is 5.24. The summed E-state index contributed by atoms with van der Waals surface area (Å²) in [6.45, 7) is 7.80. The Morgan fingerprint density at radius 3 is 2.83 bits per heavy atom. The number of rotatable bonds is 3. The van der Waals surface area contributed by atoms with Crippen LogP contribution in [0.3, 0.4) is 0 Å². The van der Waals surface area contributed by atoms with Crippen molar-refractivity contribution < 1.29 is 4.21 Å². The Morgan fingerprint density at radius 2 is 2.17 bits per heavy atom. The fourth-order valence-corrected chi connectivity index (χ4v) is 2.28. The van der Waals surface area contributed by atoms with E-state index in [0.717, 1.165) is 11.2 Å². The molecule has 0 aliphatic rings. The third-order valence-electron chi connectivity index (χ3n) is 2.62. The van der Waals surface area contributed by atoms with Gasteiger partial charge in [0.25, 0.3) is 0 Å². The van der Waals surface area contributed by atoms with Crippen molar-refractivity contribution in [3.63, 3.8) is 0 Å². The Bertz CT molecular complexity index is 573. The molecule has 0 bridgehead atoms. The summed E-state index contributed by atoms with van der Waals surface area (Å²) in [5, 5.41) is 4.25. The molecule has 2 heterocycles. The molecule has 18 heavy (non-hydrogen) atoms. The van der Waals surface area contributed by atoms with Crippen LogP contribution in [0.2, 0.25) is 0 Å².